The van der Waals surface area contributed by atoms with Crippen molar-refractivity contribution in [2.45, 2.75) is 45.4 Å². The molecule has 6 heteroatoms. The number of carbonyl (C=O) groups excluding carboxylic acids is 1. The van der Waals surface area contributed by atoms with Gasteiger partial charge in [0.2, 0.25) is 5.91 Å². The zero-order valence-corrected chi connectivity index (χ0v) is 17.4. The molecule has 0 aromatic carbocycles. The standard InChI is InChI=1S/C21H30N2O3S/c1-12-5-6-13(11-22-4)14(9-12)18(24)23-19-17(20(25)26)15-10-21(2,3)8-7-16(15)27-19/h5-6,9,13-14,17,19,22H,7-8,10-11H2,1-4H3,(H,23,24)(H,25,26). The van der Waals surface area contributed by atoms with Gasteiger partial charge in [0.15, 0.2) is 0 Å². The molecule has 3 N–H and O–H groups in total. The molecule has 2 aliphatic carbocycles. The first-order valence-corrected chi connectivity index (χ1v) is 10.5. The highest BCUT2D eigenvalue weighted by Crippen LogP contribution is 2.52. The highest BCUT2D eigenvalue weighted by atomic mass is 32.2. The Kier molecular flexibility index (Phi) is 5.87. The second-order valence-corrected chi connectivity index (χ2v) is 9.91. The lowest BCUT2D eigenvalue weighted by Crippen LogP contribution is -2.45. The maximum absolute atomic E-state index is 13.0. The summed E-state index contributed by atoms with van der Waals surface area (Å²) >= 11 is 1.55. The molecule has 0 aromatic rings. The molecule has 1 aliphatic heterocycles. The average molecular weight is 391 g/mol. The summed E-state index contributed by atoms with van der Waals surface area (Å²) in [6, 6.07) is 0. The van der Waals surface area contributed by atoms with Gasteiger partial charge in [-0.05, 0) is 49.1 Å². The van der Waals surface area contributed by atoms with Crippen molar-refractivity contribution in [3.05, 3.63) is 34.3 Å². The van der Waals surface area contributed by atoms with E-state index in [0.29, 0.717) is 6.54 Å². The van der Waals surface area contributed by atoms with Crippen molar-refractivity contribution in [1.82, 2.24) is 10.6 Å². The van der Waals surface area contributed by atoms with Crippen LogP contribution in [0.5, 0.6) is 0 Å². The Balaban J connectivity index is 1.76. The van der Waals surface area contributed by atoms with Crippen molar-refractivity contribution in [1.29, 1.82) is 0 Å². The van der Waals surface area contributed by atoms with E-state index in [1.54, 1.807) is 11.8 Å². The summed E-state index contributed by atoms with van der Waals surface area (Å²) in [7, 11) is 1.88. The van der Waals surface area contributed by atoms with Gasteiger partial charge >= 0.3 is 5.97 Å². The van der Waals surface area contributed by atoms with E-state index >= 15 is 0 Å². The van der Waals surface area contributed by atoms with Crippen molar-refractivity contribution in [3.8, 4) is 0 Å². The van der Waals surface area contributed by atoms with E-state index in [1.807, 2.05) is 26.1 Å². The van der Waals surface area contributed by atoms with Crippen LogP contribution in [0.25, 0.3) is 0 Å². The molecule has 0 radical (unpaired) electrons. The van der Waals surface area contributed by atoms with E-state index in [4.69, 9.17) is 0 Å². The fraction of sp³-hybridized carbons (Fsp3) is 0.619. The summed E-state index contributed by atoms with van der Waals surface area (Å²) in [6.07, 6.45) is 8.87. The van der Waals surface area contributed by atoms with Crippen molar-refractivity contribution in [2.24, 2.45) is 23.2 Å². The molecule has 1 amide bonds. The van der Waals surface area contributed by atoms with Crippen LogP contribution >= 0.6 is 11.8 Å². The van der Waals surface area contributed by atoms with Gasteiger partial charge in [-0.1, -0.05) is 37.6 Å². The lowest BCUT2D eigenvalue weighted by Gasteiger charge is -2.31. The predicted molar refractivity (Wildman–Crippen MR) is 109 cm³/mol. The molecule has 0 bridgehead atoms. The number of nitrogens with one attached hydrogen (secondary N) is 2. The molecule has 27 heavy (non-hydrogen) atoms. The Bertz CT molecular complexity index is 723. The third kappa shape index (κ3) is 4.32. The molecule has 3 aliphatic rings. The predicted octanol–water partition coefficient (Wildman–Crippen LogP) is 3.31. The zero-order chi connectivity index (χ0) is 19.8. The topological polar surface area (TPSA) is 78.4 Å². The fourth-order valence-corrected chi connectivity index (χ4v) is 5.79. The molecule has 3 rings (SSSR count). The van der Waals surface area contributed by atoms with E-state index in [1.165, 1.54) is 4.91 Å². The first kappa shape index (κ1) is 20.2. The molecule has 4 unspecified atom stereocenters. The smallest absolute Gasteiger partial charge is 0.313 e. The molecule has 0 fully saturated rings. The fourth-order valence-electron chi connectivity index (χ4n) is 4.32. The summed E-state index contributed by atoms with van der Waals surface area (Å²) in [5.74, 6) is -1.73. The molecule has 0 saturated carbocycles. The Morgan fingerprint density at radius 3 is 2.78 bits per heavy atom. The number of thioether (sulfide) groups is 1. The highest BCUT2D eigenvalue weighted by molar-refractivity contribution is 8.04. The number of carboxylic acids is 1. The van der Waals surface area contributed by atoms with E-state index in [-0.39, 0.29) is 23.2 Å². The number of allylic oxidation sites excluding steroid dienone is 3. The Morgan fingerprint density at radius 2 is 2.11 bits per heavy atom. The van der Waals surface area contributed by atoms with Gasteiger partial charge in [-0.15, -0.1) is 11.8 Å². The minimum Gasteiger partial charge on any atom is -0.481 e. The van der Waals surface area contributed by atoms with Crippen LogP contribution in [0.1, 0.15) is 40.0 Å². The van der Waals surface area contributed by atoms with Crippen molar-refractivity contribution < 1.29 is 14.7 Å². The van der Waals surface area contributed by atoms with Crippen LogP contribution in [0, 0.1) is 23.2 Å². The molecule has 0 spiro atoms. The van der Waals surface area contributed by atoms with Gasteiger partial charge in [0, 0.05) is 12.5 Å². The second-order valence-electron chi connectivity index (χ2n) is 8.67. The van der Waals surface area contributed by atoms with Crippen molar-refractivity contribution in [2.75, 3.05) is 13.6 Å². The summed E-state index contributed by atoms with van der Waals surface area (Å²) in [4.78, 5) is 26.2. The number of carbonyl (C=O) groups is 2. The van der Waals surface area contributed by atoms with E-state index in [9.17, 15) is 14.7 Å². The highest BCUT2D eigenvalue weighted by Gasteiger charge is 2.45. The van der Waals surface area contributed by atoms with Gasteiger partial charge < -0.3 is 15.7 Å². The van der Waals surface area contributed by atoms with Gasteiger partial charge in [0.1, 0.15) is 5.92 Å². The van der Waals surface area contributed by atoms with Crippen molar-refractivity contribution >= 4 is 23.6 Å². The van der Waals surface area contributed by atoms with Gasteiger partial charge in [0.25, 0.3) is 0 Å². The summed E-state index contributed by atoms with van der Waals surface area (Å²) < 4.78 is 0. The van der Waals surface area contributed by atoms with Crippen molar-refractivity contribution in [3.63, 3.8) is 0 Å². The van der Waals surface area contributed by atoms with Gasteiger partial charge in [-0.25, -0.2) is 0 Å². The average Bonchev–Trinajstić information content (AvgIpc) is 2.92. The number of hydrogen-bond acceptors (Lipinski definition) is 4. The maximum atomic E-state index is 13.0. The van der Waals surface area contributed by atoms with Crippen LogP contribution in [0.15, 0.2) is 34.3 Å². The van der Waals surface area contributed by atoms with Gasteiger partial charge in [0.05, 0.1) is 11.3 Å². The third-order valence-electron chi connectivity index (χ3n) is 5.81. The Morgan fingerprint density at radius 1 is 1.37 bits per heavy atom. The molecule has 0 aromatic heterocycles. The van der Waals surface area contributed by atoms with Crippen LogP contribution in [0.4, 0.5) is 0 Å². The number of carboxylic acid groups (broad SMARTS) is 1. The molecule has 5 nitrogen and oxygen atoms in total. The van der Waals surface area contributed by atoms with E-state index in [0.717, 1.165) is 30.4 Å². The third-order valence-corrected chi connectivity index (χ3v) is 7.20. The zero-order valence-electron chi connectivity index (χ0n) is 16.5. The van der Waals surface area contributed by atoms with Gasteiger partial charge in [-0.3, -0.25) is 9.59 Å². The van der Waals surface area contributed by atoms with E-state index < -0.39 is 17.3 Å². The summed E-state index contributed by atoms with van der Waals surface area (Å²) in [5, 5.41) is 15.7. The van der Waals surface area contributed by atoms with Crippen LogP contribution < -0.4 is 10.6 Å². The number of rotatable bonds is 5. The van der Waals surface area contributed by atoms with Crippen LogP contribution in [0.3, 0.4) is 0 Å². The number of hydrogen-bond donors (Lipinski definition) is 3. The lowest BCUT2D eigenvalue weighted by atomic mass is 9.74. The summed E-state index contributed by atoms with van der Waals surface area (Å²) in [6.45, 7) is 7.08. The molecular weight excluding hydrogens is 360 g/mol. The monoisotopic (exact) mass is 390 g/mol. The van der Waals surface area contributed by atoms with Crippen LogP contribution in [0.2, 0.25) is 0 Å². The summed E-state index contributed by atoms with van der Waals surface area (Å²) in [5.41, 5.74) is 2.21. The molecule has 1 heterocycles. The Hall–Kier alpha value is -1.53. The number of aliphatic carboxylic acids is 1. The molecule has 4 atom stereocenters. The van der Waals surface area contributed by atoms with Crippen LogP contribution in [-0.4, -0.2) is 35.9 Å². The normalized spacial score (nSPS) is 32.1. The van der Waals surface area contributed by atoms with Crippen LogP contribution in [-0.2, 0) is 9.59 Å². The minimum atomic E-state index is -0.836. The quantitative estimate of drug-likeness (QED) is 0.671. The first-order chi connectivity index (χ1) is 12.7. The Labute approximate surface area is 165 Å². The molecule has 0 saturated heterocycles. The first-order valence-electron chi connectivity index (χ1n) is 9.65. The SMILES string of the molecule is CNCC1C=CC(C)=CC1C(=O)NC1SC2=C(CC(C)(C)CC2)C1C(=O)O. The lowest BCUT2D eigenvalue weighted by molar-refractivity contribution is -0.140. The van der Waals surface area contributed by atoms with Gasteiger partial charge in [-0.2, -0.15) is 0 Å². The largest absolute Gasteiger partial charge is 0.481 e. The second kappa shape index (κ2) is 7.84. The molecule has 148 valence electrons. The number of amides is 1. The maximum Gasteiger partial charge on any atom is 0.313 e. The van der Waals surface area contributed by atoms with E-state index in [2.05, 4.69) is 30.6 Å². The minimum absolute atomic E-state index is 0.0786. The molecular formula is C21H30N2O3S.